The smallest absolute Gasteiger partial charge is 0.253 e. The highest BCUT2D eigenvalue weighted by Crippen LogP contribution is 2.25. The second kappa shape index (κ2) is 9.99. The highest BCUT2D eigenvalue weighted by atomic mass is 16.2. The first-order valence-corrected chi connectivity index (χ1v) is 11.4. The van der Waals surface area contributed by atoms with E-state index in [-0.39, 0.29) is 17.7 Å². The zero-order valence-corrected chi connectivity index (χ0v) is 19.5. The molecule has 3 rings (SSSR count). The lowest BCUT2D eigenvalue weighted by atomic mass is 9.95. The quantitative estimate of drug-likeness (QED) is 0.718. The maximum Gasteiger partial charge on any atom is 0.253 e. The van der Waals surface area contributed by atoms with Crippen LogP contribution in [0.25, 0.3) is 0 Å². The van der Waals surface area contributed by atoms with Gasteiger partial charge in [-0.15, -0.1) is 0 Å². The molecule has 0 radical (unpaired) electrons. The van der Waals surface area contributed by atoms with E-state index in [4.69, 9.17) is 0 Å². The predicted octanol–water partition coefficient (Wildman–Crippen LogP) is 4.95. The van der Waals surface area contributed by atoms with Crippen molar-refractivity contribution >= 4 is 23.2 Å². The van der Waals surface area contributed by atoms with Crippen LogP contribution in [0.3, 0.4) is 0 Å². The van der Waals surface area contributed by atoms with Gasteiger partial charge in [0.15, 0.2) is 0 Å². The summed E-state index contributed by atoms with van der Waals surface area (Å²) in [6, 6.07) is 12.1. The van der Waals surface area contributed by atoms with E-state index < -0.39 is 0 Å². The summed E-state index contributed by atoms with van der Waals surface area (Å²) >= 11 is 0. The van der Waals surface area contributed by atoms with Crippen LogP contribution in [-0.2, 0) is 4.79 Å². The van der Waals surface area contributed by atoms with Gasteiger partial charge in [0.25, 0.3) is 5.91 Å². The van der Waals surface area contributed by atoms with Crippen LogP contribution in [-0.4, -0.2) is 42.9 Å². The lowest BCUT2D eigenvalue weighted by Crippen LogP contribution is -2.43. The fourth-order valence-corrected chi connectivity index (χ4v) is 4.46. The average Bonchev–Trinajstić information content (AvgIpc) is 2.75. The maximum atomic E-state index is 13.0. The Balaban J connectivity index is 1.68. The molecule has 0 bridgehead atoms. The number of aryl methyl sites for hydroxylation is 3. The molecule has 2 aromatic carbocycles. The molecule has 0 saturated carbocycles. The van der Waals surface area contributed by atoms with Crippen molar-refractivity contribution in [3.8, 4) is 0 Å². The minimum atomic E-state index is -0.189. The fraction of sp³-hybridized carbons (Fsp3) is 0.462. The lowest BCUT2D eigenvalue weighted by molar-refractivity contribution is -0.121. The molecule has 0 aliphatic carbocycles. The first-order valence-electron chi connectivity index (χ1n) is 11.4. The molecule has 1 heterocycles. The first kappa shape index (κ1) is 22.9. The molecule has 166 valence electrons. The van der Waals surface area contributed by atoms with Crippen LogP contribution < -0.4 is 10.2 Å². The van der Waals surface area contributed by atoms with Crippen LogP contribution in [0.4, 0.5) is 11.4 Å². The molecule has 1 aliphatic heterocycles. The third kappa shape index (κ3) is 5.46. The summed E-state index contributed by atoms with van der Waals surface area (Å²) in [6.45, 7) is 13.4. The molecule has 1 fully saturated rings. The van der Waals surface area contributed by atoms with Crippen LogP contribution in [0.1, 0.15) is 53.7 Å². The van der Waals surface area contributed by atoms with Gasteiger partial charge in [-0.2, -0.15) is 0 Å². The van der Waals surface area contributed by atoms with Gasteiger partial charge in [0, 0.05) is 43.1 Å². The van der Waals surface area contributed by atoms with E-state index in [1.54, 1.807) is 0 Å². The Morgan fingerprint density at radius 2 is 1.71 bits per heavy atom. The standard InChI is InChI=1S/C26H35N3O2/c1-6-28(7-2)23-10-11-24(20(5)16-23)27-25(30)21-9-8-12-29(17-21)26(31)22-14-18(3)13-19(4)15-22/h10-11,13-16,21H,6-9,12,17H2,1-5H3,(H,27,30)/t21-/m0/s1. The molecular weight excluding hydrogens is 386 g/mol. The monoisotopic (exact) mass is 421 g/mol. The second-order valence-corrected chi connectivity index (χ2v) is 8.63. The third-order valence-electron chi connectivity index (χ3n) is 6.14. The summed E-state index contributed by atoms with van der Waals surface area (Å²) in [5.74, 6) is -0.175. The second-order valence-electron chi connectivity index (χ2n) is 8.63. The van der Waals surface area contributed by atoms with Crippen molar-refractivity contribution < 1.29 is 9.59 Å². The minimum Gasteiger partial charge on any atom is -0.372 e. The maximum absolute atomic E-state index is 13.0. The van der Waals surface area contributed by atoms with Crippen LogP contribution in [0, 0.1) is 26.7 Å². The van der Waals surface area contributed by atoms with E-state index in [9.17, 15) is 9.59 Å². The fourth-order valence-electron chi connectivity index (χ4n) is 4.46. The van der Waals surface area contributed by atoms with Crippen molar-refractivity contribution in [1.82, 2.24) is 4.90 Å². The molecule has 31 heavy (non-hydrogen) atoms. The van der Waals surface area contributed by atoms with Gasteiger partial charge in [-0.05, 0) is 83.4 Å². The topological polar surface area (TPSA) is 52.7 Å². The van der Waals surface area contributed by atoms with E-state index >= 15 is 0 Å². The lowest BCUT2D eigenvalue weighted by Gasteiger charge is -2.32. The number of anilines is 2. The van der Waals surface area contributed by atoms with E-state index in [2.05, 4.69) is 42.3 Å². The van der Waals surface area contributed by atoms with Crippen LogP contribution in [0.2, 0.25) is 0 Å². The summed E-state index contributed by atoms with van der Waals surface area (Å²) < 4.78 is 0. The van der Waals surface area contributed by atoms with E-state index in [1.807, 2.05) is 43.9 Å². The Kier molecular flexibility index (Phi) is 7.37. The van der Waals surface area contributed by atoms with Gasteiger partial charge in [0.2, 0.25) is 5.91 Å². The molecule has 5 heteroatoms. The van der Waals surface area contributed by atoms with Crippen molar-refractivity contribution in [2.75, 3.05) is 36.4 Å². The van der Waals surface area contributed by atoms with Crippen molar-refractivity contribution in [3.05, 3.63) is 58.7 Å². The van der Waals surface area contributed by atoms with Crippen LogP contribution >= 0.6 is 0 Å². The summed E-state index contributed by atoms with van der Waals surface area (Å²) in [7, 11) is 0. The minimum absolute atomic E-state index is 0.00314. The molecule has 5 nitrogen and oxygen atoms in total. The van der Waals surface area contributed by atoms with Gasteiger partial charge < -0.3 is 15.1 Å². The van der Waals surface area contributed by atoms with Crippen molar-refractivity contribution in [2.24, 2.45) is 5.92 Å². The Bertz CT molecular complexity index is 929. The van der Waals surface area contributed by atoms with E-state index in [1.165, 1.54) is 5.69 Å². The summed E-state index contributed by atoms with van der Waals surface area (Å²) in [5, 5.41) is 3.10. The van der Waals surface area contributed by atoms with Gasteiger partial charge in [-0.25, -0.2) is 0 Å². The Morgan fingerprint density at radius 1 is 1.03 bits per heavy atom. The zero-order valence-electron chi connectivity index (χ0n) is 19.5. The molecule has 2 amide bonds. The number of nitrogens with one attached hydrogen (secondary N) is 1. The number of likely N-dealkylation sites (tertiary alicyclic amines) is 1. The molecule has 0 spiro atoms. The average molecular weight is 422 g/mol. The first-order chi connectivity index (χ1) is 14.8. The number of nitrogens with zero attached hydrogens (tertiary/aromatic N) is 2. The third-order valence-corrected chi connectivity index (χ3v) is 6.14. The summed E-state index contributed by atoms with van der Waals surface area (Å²) in [5.41, 5.74) is 5.94. The number of carbonyl (C=O) groups excluding carboxylic acids is 2. The number of piperidine rings is 1. The number of rotatable bonds is 6. The molecular formula is C26H35N3O2. The van der Waals surface area contributed by atoms with E-state index in [0.29, 0.717) is 18.7 Å². The van der Waals surface area contributed by atoms with Crippen LogP contribution in [0.5, 0.6) is 0 Å². The number of hydrogen-bond donors (Lipinski definition) is 1. The number of hydrogen-bond acceptors (Lipinski definition) is 3. The molecule has 0 aromatic heterocycles. The molecule has 2 aromatic rings. The highest BCUT2D eigenvalue weighted by Gasteiger charge is 2.29. The summed E-state index contributed by atoms with van der Waals surface area (Å²) in [6.07, 6.45) is 1.65. The Labute approximate surface area is 186 Å². The number of carbonyl (C=O) groups is 2. The Hall–Kier alpha value is -2.82. The van der Waals surface area contributed by atoms with Crippen molar-refractivity contribution in [2.45, 2.75) is 47.5 Å². The molecule has 1 atom stereocenters. The molecule has 1 aliphatic rings. The zero-order chi connectivity index (χ0) is 22.5. The van der Waals surface area contributed by atoms with Gasteiger partial charge in [0.05, 0.1) is 5.92 Å². The SMILES string of the molecule is CCN(CC)c1ccc(NC(=O)[C@H]2CCCN(C(=O)c3cc(C)cc(C)c3)C2)c(C)c1. The number of benzene rings is 2. The van der Waals surface area contributed by atoms with Gasteiger partial charge >= 0.3 is 0 Å². The largest absolute Gasteiger partial charge is 0.372 e. The molecule has 0 unspecified atom stereocenters. The number of amides is 2. The Morgan fingerprint density at radius 3 is 2.32 bits per heavy atom. The van der Waals surface area contributed by atoms with Crippen molar-refractivity contribution in [3.63, 3.8) is 0 Å². The molecule has 1 saturated heterocycles. The predicted molar refractivity (Wildman–Crippen MR) is 128 cm³/mol. The van der Waals surface area contributed by atoms with Crippen LogP contribution in [0.15, 0.2) is 36.4 Å². The van der Waals surface area contributed by atoms with E-state index in [0.717, 1.165) is 48.3 Å². The van der Waals surface area contributed by atoms with Gasteiger partial charge in [-0.3, -0.25) is 9.59 Å². The normalized spacial score (nSPS) is 16.2. The molecule has 1 N–H and O–H groups in total. The van der Waals surface area contributed by atoms with Gasteiger partial charge in [-0.1, -0.05) is 17.2 Å². The highest BCUT2D eigenvalue weighted by molar-refractivity contribution is 5.97. The van der Waals surface area contributed by atoms with Crippen molar-refractivity contribution in [1.29, 1.82) is 0 Å². The van der Waals surface area contributed by atoms with Gasteiger partial charge in [0.1, 0.15) is 0 Å². The summed E-state index contributed by atoms with van der Waals surface area (Å²) in [4.78, 5) is 30.2.